The van der Waals surface area contributed by atoms with Crippen molar-refractivity contribution in [2.75, 3.05) is 14.2 Å². The fraction of sp³-hybridized carbons (Fsp3) is 0.267. The van der Waals surface area contributed by atoms with Crippen molar-refractivity contribution in [2.24, 2.45) is 0 Å². The highest BCUT2D eigenvalue weighted by Gasteiger charge is 2.32. The molecule has 0 unspecified atom stereocenters. The predicted molar refractivity (Wildman–Crippen MR) is 95.5 cm³/mol. The molecule has 2 rings (SSSR count). The van der Waals surface area contributed by atoms with Gasteiger partial charge in [-0.05, 0) is 36.1 Å². The molecule has 0 fully saturated rings. The highest BCUT2D eigenvalue weighted by molar-refractivity contribution is 7.89. The van der Waals surface area contributed by atoms with E-state index < -0.39 is 22.0 Å². The SMILES string of the molecule is COC(=O)c1sccc1S(=O)(=O)N(C)[C@H](C)c1ccc(Cl)cc1Cl. The molecule has 0 aliphatic rings. The van der Waals surface area contributed by atoms with Gasteiger partial charge in [-0.2, -0.15) is 4.31 Å². The highest BCUT2D eigenvalue weighted by Crippen LogP contribution is 2.34. The van der Waals surface area contributed by atoms with Crippen molar-refractivity contribution in [3.05, 3.63) is 50.1 Å². The van der Waals surface area contributed by atoms with E-state index in [2.05, 4.69) is 4.74 Å². The molecule has 2 aromatic rings. The van der Waals surface area contributed by atoms with Crippen LogP contribution in [0.2, 0.25) is 10.0 Å². The normalized spacial score (nSPS) is 13.1. The standard InChI is InChI=1S/C15H15Cl2NO4S2/c1-9(11-5-4-10(16)8-12(11)17)18(2)24(20,21)13-6-7-23-14(13)15(19)22-3/h4-9H,1-3H3/t9-/m1/s1. The number of methoxy groups -OCH3 is 1. The fourth-order valence-electron chi connectivity index (χ4n) is 2.14. The maximum Gasteiger partial charge on any atom is 0.349 e. The molecule has 1 atom stereocenters. The van der Waals surface area contributed by atoms with Crippen molar-refractivity contribution in [1.82, 2.24) is 4.31 Å². The summed E-state index contributed by atoms with van der Waals surface area (Å²) in [5.41, 5.74) is 0.613. The smallest absolute Gasteiger partial charge is 0.349 e. The summed E-state index contributed by atoms with van der Waals surface area (Å²) < 4.78 is 31.6. The van der Waals surface area contributed by atoms with Crippen LogP contribution >= 0.6 is 34.5 Å². The van der Waals surface area contributed by atoms with Gasteiger partial charge in [-0.15, -0.1) is 11.3 Å². The summed E-state index contributed by atoms with van der Waals surface area (Å²) in [4.78, 5) is 11.7. The van der Waals surface area contributed by atoms with Crippen LogP contribution in [0.3, 0.4) is 0 Å². The summed E-state index contributed by atoms with van der Waals surface area (Å²) >= 11 is 13.1. The van der Waals surface area contributed by atoms with Crippen LogP contribution in [-0.4, -0.2) is 32.8 Å². The summed E-state index contributed by atoms with van der Waals surface area (Å²) in [5, 5.41) is 2.37. The van der Waals surface area contributed by atoms with Gasteiger partial charge < -0.3 is 4.74 Å². The Hall–Kier alpha value is -1.12. The Labute approximate surface area is 154 Å². The summed E-state index contributed by atoms with van der Waals surface area (Å²) in [6.07, 6.45) is 0. The summed E-state index contributed by atoms with van der Waals surface area (Å²) in [5.74, 6) is -0.686. The van der Waals surface area contributed by atoms with E-state index in [0.29, 0.717) is 15.6 Å². The Morgan fingerprint density at radius 3 is 2.54 bits per heavy atom. The molecule has 130 valence electrons. The van der Waals surface area contributed by atoms with Crippen molar-refractivity contribution in [3.63, 3.8) is 0 Å². The minimum absolute atomic E-state index is 0.0405. The molecular weight excluding hydrogens is 393 g/mol. The number of hydrogen-bond donors (Lipinski definition) is 0. The number of nitrogens with zero attached hydrogens (tertiary/aromatic N) is 1. The van der Waals surface area contributed by atoms with Gasteiger partial charge in [0.25, 0.3) is 0 Å². The van der Waals surface area contributed by atoms with E-state index in [1.165, 1.54) is 25.6 Å². The molecule has 0 bridgehead atoms. The van der Waals surface area contributed by atoms with Crippen LogP contribution in [-0.2, 0) is 14.8 Å². The Balaban J connectivity index is 2.42. The molecule has 0 aliphatic carbocycles. The maximum absolute atomic E-state index is 12.9. The van der Waals surface area contributed by atoms with Crippen LogP contribution in [0, 0.1) is 0 Å². The highest BCUT2D eigenvalue weighted by atomic mass is 35.5. The zero-order chi connectivity index (χ0) is 18.1. The monoisotopic (exact) mass is 407 g/mol. The van der Waals surface area contributed by atoms with Crippen LogP contribution < -0.4 is 0 Å². The van der Waals surface area contributed by atoms with Gasteiger partial charge in [-0.3, -0.25) is 0 Å². The number of carbonyl (C=O) groups is 1. The van der Waals surface area contributed by atoms with E-state index >= 15 is 0 Å². The van der Waals surface area contributed by atoms with Crippen molar-refractivity contribution >= 4 is 50.5 Å². The minimum Gasteiger partial charge on any atom is -0.465 e. The topological polar surface area (TPSA) is 63.7 Å². The third-order valence-corrected chi connectivity index (χ3v) is 7.17. The molecule has 0 aliphatic heterocycles. The lowest BCUT2D eigenvalue weighted by Crippen LogP contribution is -2.30. The number of esters is 1. The fourth-order valence-corrected chi connectivity index (χ4v) is 5.36. The molecule has 24 heavy (non-hydrogen) atoms. The average Bonchev–Trinajstić information content (AvgIpc) is 3.03. The van der Waals surface area contributed by atoms with Crippen molar-refractivity contribution in [1.29, 1.82) is 0 Å². The number of sulfonamides is 1. The second-order valence-electron chi connectivity index (χ2n) is 4.97. The van der Waals surface area contributed by atoms with E-state index in [9.17, 15) is 13.2 Å². The van der Waals surface area contributed by atoms with E-state index in [0.717, 1.165) is 15.6 Å². The van der Waals surface area contributed by atoms with Crippen LogP contribution in [0.15, 0.2) is 34.5 Å². The Kier molecular flexibility index (Phi) is 5.93. The first-order valence-corrected chi connectivity index (χ1v) is 9.86. The number of ether oxygens (including phenoxy) is 1. The second kappa shape index (κ2) is 7.41. The van der Waals surface area contributed by atoms with Crippen molar-refractivity contribution in [3.8, 4) is 0 Å². The number of thiophene rings is 1. The number of halogens is 2. The molecule has 1 aromatic carbocycles. The van der Waals surface area contributed by atoms with Gasteiger partial charge in [0.2, 0.25) is 10.0 Å². The molecule has 0 saturated heterocycles. The first-order chi connectivity index (χ1) is 11.2. The van der Waals surface area contributed by atoms with Gasteiger partial charge in [0, 0.05) is 23.1 Å². The van der Waals surface area contributed by atoms with Gasteiger partial charge >= 0.3 is 5.97 Å². The lowest BCUT2D eigenvalue weighted by molar-refractivity contribution is 0.0602. The predicted octanol–water partition coefficient (Wildman–Crippen LogP) is 4.22. The van der Waals surface area contributed by atoms with Gasteiger partial charge in [0.05, 0.1) is 7.11 Å². The van der Waals surface area contributed by atoms with E-state index in [-0.39, 0.29) is 9.77 Å². The summed E-state index contributed by atoms with van der Waals surface area (Å²) in [6.45, 7) is 1.71. The van der Waals surface area contributed by atoms with Gasteiger partial charge in [0.1, 0.15) is 9.77 Å². The average molecular weight is 408 g/mol. The number of benzene rings is 1. The number of hydrogen-bond acceptors (Lipinski definition) is 5. The van der Waals surface area contributed by atoms with Gasteiger partial charge in [0.15, 0.2) is 0 Å². The largest absolute Gasteiger partial charge is 0.465 e. The zero-order valence-corrected chi connectivity index (χ0v) is 16.3. The van der Waals surface area contributed by atoms with E-state index in [4.69, 9.17) is 23.2 Å². The van der Waals surface area contributed by atoms with Crippen LogP contribution in [0.1, 0.15) is 28.2 Å². The van der Waals surface area contributed by atoms with Crippen LogP contribution in [0.25, 0.3) is 0 Å². The van der Waals surface area contributed by atoms with Crippen molar-refractivity contribution < 1.29 is 17.9 Å². The molecule has 0 saturated carbocycles. The molecule has 1 heterocycles. The van der Waals surface area contributed by atoms with Crippen LogP contribution in [0.5, 0.6) is 0 Å². The Morgan fingerprint density at radius 1 is 1.29 bits per heavy atom. The molecule has 0 radical (unpaired) electrons. The summed E-state index contributed by atoms with van der Waals surface area (Å²) in [6, 6.07) is 5.71. The summed E-state index contributed by atoms with van der Waals surface area (Å²) in [7, 11) is -1.26. The van der Waals surface area contributed by atoms with Gasteiger partial charge in [-0.25, -0.2) is 13.2 Å². The number of carbonyl (C=O) groups excluding carboxylic acids is 1. The quantitative estimate of drug-likeness (QED) is 0.695. The first kappa shape index (κ1) is 19.2. The van der Waals surface area contributed by atoms with E-state index in [1.54, 1.807) is 25.1 Å². The van der Waals surface area contributed by atoms with Crippen LogP contribution in [0.4, 0.5) is 0 Å². The first-order valence-electron chi connectivity index (χ1n) is 6.79. The molecule has 9 heteroatoms. The van der Waals surface area contributed by atoms with Gasteiger partial charge in [-0.1, -0.05) is 29.3 Å². The Morgan fingerprint density at radius 2 is 1.96 bits per heavy atom. The number of rotatable bonds is 5. The van der Waals surface area contributed by atoms with Crippen molar-refractivity contribution in [2.45, 2.75) is 17.9 Å². The molecule has 0 N–H and O–H groups in total. The molecule has 0 spiro atoms. The lowest BCUT2D eigenvalue weighted by Gasteiger charge is -2.25. The molecule has 0 amide bonds. The second-order valence-corrected chi connectivity index (χ2v) is 8.69. The molecule has 1 aromatic heterocycles. The molecule has 5 nitrogen and oxygen atoms in total. The van der Waals surface area contributed by atoms with E-state index in [1.807, 2.05) is 0 Å². The minimum atomic E-state index is -3.90. The lowest BCUT2D eigenvalue weighted by atomic mass is 10.1. The zero-order valence-electron chi connectivity index (χ0n) is 13.1. The third-order valence-electron chi connectivity index (χ3n) is 3.61. The Bertz CT molecular complexity index is 864. The molecular formula is C15H15Cl2NO4S2. The maximum atomic E-state index is 12.9. The third kappa shape index (κ3) is 3.60.